The molecule has 0 aliphatic heterocycles. The maximum atomic E-state index is 12.5. The molecule has 0 spiro atoms. The second-order valence-electron chi connectivity index (χ2n) is 6.65. The molecule has 1 aromatic rings. The summed E-state index contributed by atoms with van der Waals surface area (Å²) < 4.78 is 7.94. The molecule has 0 radical (unpaired) electrons. The molecule has 11 nitrogen and oxygen atoms in total. The number of nitrogens with zero attached hydrogens (tertiary/aromatic N) is 1. The second-order valence-corrected chi connectivity index (χ2v) is 6.65. The third-order valence-electron chi connectivity index (χ3n) is 4.05. The number of carbonyl (C=O) groups is 5. The first kappa shape index (κ1) is 22.8. The van der Waals surface area contributed by atoms with Gasteiger partial charge in [-0.25, -0.2) is 4.79 Å². The summed E-state index contributed by atoms with van der Waals surface area (Å²) >= 11 is 0. The van der Waals surface area contributed by atoms with Gasteiger partial charge in [0, 0.05) is 12.4 Å². The number of pyridine rings is 1. The lowest BCUT2D eigenvalue weighted by molar-refractivity contribution is -0.143. The highest BCUT2D eigenvalue weighted by Crippen LogP contribution is 2.02. The zero-order valence-corrected chi connectivity index (χ0v) is 16.8. The highest BCUT2D eigenvalue weighted by Gasteiger charge is 2.28. The van der Waals surface area contributed by atoms with Crippen molar-refractivity contribution in [3.63, 3.8) is 0 Å². The SMILES string of the molecule is [2H]N(C(=O)Cc1ccncc1)[C@@H](C)C(=O)N[C@@H](CCC)C(=O)N[C@@H](CC(N)=O)C(=O)O. The van der Waals surface area contributed by atoms with Gasteiger partial charge in [0.15, 0.2) is 1.41 Å². The summed E-state index contributed by atoms with van der Waals surface area (Å²) in [7, 11) is 0. The quantitative estimate of drug-likeness (QED) is 0.282. The number of hydrogen-bond donors (Lipinski definition) is 5. The smallest absolute Gasteiger partial charge is 0.326 e. The minimum atomic E-state index is -1.53. The Hall–Kier alpha value is -3.50. The topological polar surface area (TPSA) is 181 Å². The summed E-state index contributed by atoms with van der Waals surface area (Å²) in [5, 5.41) is 14.2. The van der Waals surface area contributed by atoms with E-state index in [0.29, 0.717) is 17.3 Å². The molecule has 6 N–H and O–H groups in total. The van der Waals surface area contributed by atoms with Gasteiger partial charge >= 0.3 is 5.97 Å². The third kappa shape index (κ3) is 8.67. The summed E-state index contributed by atoms with van der Waals surface area (Å²) in [6, 6.07) is -0.624. The van der Waals surface area contributed by atoms with E-state index >= 15 is 0 Å². The van der Waals surface area contributed by atoms with Crippen LogP contribution in [0.3, 0.4) is 0 Å². The summed E-state index contributed by atoms with van der Waals surface area (Å²) in [6.45, 7) is 3.09. The van der Waals surface area contributed by atoms with Crippen molar-refractivity contribution in [1.82, 2.24) is 20.9 Å². The molecule has 0 bridgehead atoms. The molecule has 1 heterocycles. The first-order chi connectivity index (χ1) is 14.6. The molecule has 11 heteroatoms. The Balaban J connectivity index is 2.77. The standard InChI is InChI=1S/C19H27N5O6/c1-3-4-13(18(28)24-14(19(29)30)10-15(20)25)23-17(27)11(2)22-16(26)9-12-5-7-21-8-6-12/h5-8,11,13-14H,3-4,9-10H2,1-2H3,(H2,20,25)(H,22,26)(H,23,27)(H,24,28)(H,29,30)/t11-,13-,14-/m0/s1/i/hD. The largest absolute Gasteiger partial charge is 0.480 e. The van der Waals surface area contributed by atoms with E-state index in [1.165, 1.54) is 19.3 Å². The second kappa shape index (κ2) is 12.1. The fraction of sp³-hybridized carbons (Fsp3) is 0.474. The number of amides is 4. The Labute approximate surface area is 175 Å². The molecule has 0 unspecified atom stereocenters. The van der Waals surface area contributed by atoms with Gasteiger partial charge in [0.1, 0.15) is 18.1 Å². The van der Waals surface area contributed by atoms with Crippen molar-refractivity contribution in [3.05, 3.63) is 30.1 Å². The summed E-state index contributed by atoms with van der Waals surface area (Å²) in [5.74, 6) is -4.54. The molecule has 0 saturated carbocycles. The number of aliphatic carboxylic acids is 1. The van der Waals surface area contributed by atoms with Crippen LogP contribution in [0.1, 0.15) is 38.7 Å². The van der Waals surface area contributed by atoms with Crippen molar-refractivity contribution in [2.45, 2.75) is 57.7 Å². The van der Waals surface area contributed by atoms with Gasteiger partial charge in [-0.1, -0.05) is 13.3 Å². The van der Waals surface area contributed by atoms with Gasteiger partial charge in [0.2, 0.25) is 23.6 Å². The van der Waals surface area contributed by atoms with Gasteiger partial charge in [-0.15, -0.1) is 0 Å². The lowest BCUT2D eigenvalue weighted by atomic mass is 10.1. The highest BCUT2D eigenvalue weighted by atomic mass is 16.4. The number of carboxylic acids is 1. The monoisotopic (exact) mass is 422 g/mol. The molecule has 0 aliphatic rings. The van der Waals surface area contributed by atoms with E-state index in [2.05, 4.69) is 15.6 Å². The molecule has 3 atom stereocenters. The Morgan fingerprint density at radius 2 is 1.73 bits per heavy atom. The van der Waals surface area contributed by atoms with Gasteiger partial charge in [0.05, 0.1) is 12.8 Å². The molecule has 0 aromatic carbocycles. The molecular weight excluding hydrogens is 394 g/mol. The minimum absolute atomic E-state index is 0.101. The molecule has 30 heavy (non-hydrogen) atoms. The predicted molar refractivity (Wildman–Crippen MR) is 106 cm³/mol. The maximum absolute atomic E-state index is 12.5. The van der Waals surface area contributed by atoms with Crippen molar-refractivity contribution < 1.29 is 30.5 Å². The van der Waals surface area contributed by atoms with Gasteiger partial charge in [0.25, 0.3) is 0 Å². The lowest BCUT2D eigenvalue weighted by Gasteiger charge is -2.22. The van der Waals surface area contributed by atoms with Crippen molar-refractivity contribution in [1.29, 1.82) is 0 Å². The number of rotatable bonds is 12. The predicted octanol–water partition coefficient (Wildman–Crippen LogP) is -1.14. The van der Waals surface area contributed by atoms with Crippen molar-refractivity contribution in [2.24, 2.45) is 5.73 Å². The number of hydrogen-bond acceptors (Lipinski definition) is 6. The third-order valence-corrected chi connectivity index (χ3v) is 4.05. The van der Waals surface area contributed by atoms with Crippen LogP contribution in [0.25, 0.3) is 0 Å². The number of primary amides is 1. The van der Waals surface area contributed by atoms with E-state index in [-0.39, 0.29) is 12.8 Å². The normalized spacial score (nSPS) is 13.9. The molecule has 4 amide bonds. The molecule has 0 fully saturated rings. The van der Waals surface area contributed by atoms with Gasteiger partial charge in [-0.05, 0) is 31.0 Å². The number of carbonyl (C=O) groups excluding carboxylic acids is 4. The van der Waals surface area contributed by atoms with Crippen LogP contribution in [0.15, 0.2) is 24.5 Å². The fourth-order valence-corrected chi connectivity index (χ4v) is 2.52. The first-order valence-electron chi connectivity index (χ1n) is 9.83. The van der Waals surface area contributed by atoms with Crippen LogP contribution in [0.2, 0.25) is 1.41 Å². The fourth-order valence-electron chi connectivity index (χ4n) is 2.52. The van der Waals surface area contributed by atoms with Gasteiger partial charge in [-0.2, -0.15) is 0 Å². The number of nitrogens with one attached hydrogen (secondary N) is 3. The van der Waals surface area contributed by atoms with E-state index in [1.54, 1.807) is 19.1 Å². The van der Waals surface area contributed by atoms with Crippen molar-refractivity contribution in [3.8, 4) is 0 Å². The van der Waals surface area contributed by atoms with Gasteiger partial charge in [-0.3, -0.25) is 24.2 Å². The number of aromatic nitrogens is 1. The maximum Gasteiger partial charge on any atom is 0.326 e. The Morgan fingerprint density at radius 1 is 1.13 bits per heavy atom. The lowest BCUT2D eigenvalue weighted by Crippen LogP contribution is -2.55. The van der Waals surface area contributed by atoms with E-state index in [4.69, 9.17) is 12.3 Å². The van der Waals surface area contributed by atoms with Crippen LogP contribution in [-0.2, 0) is 30.4 Å². The molecule has 0 aliphatic carbocycles. The van der Waals surface area contributed by atoms with Gasteiger partial charge < -0.3 is 26.8 Å². The minimum Gasteiger partial charge on any atom is -0.480 e. The molecule has 1 aromatic heterocycles. The summed E-state index contributed by atoms with van der Waals surface area (Å²) in [6.07, 6.45) is 2.96. The van der Waals surface area contributed by atoms with E-state index in [9.17, 15) is 24.0 Å². The Kier molecular flexibility index (Phi) is 9.22. The van der Waals surface area contributed by atoms with Crippen LogP contribution in [-0.4, -0.2) is 57.8 Å². The average molecular weight is 422 g/mol. The Bertz CT molecular complexity index is 806. The Morgan fingerprint density at radius 3 is 2.27 bits per heavy atom. The first-order valence-corrected chi connectivity index (χ1v) is 9.38. The highest BCUT2D eigenvalue weighted by molar-refractivity contribution is 5.94. The van der Waals surface area contributed by atoms with E-state index in [1.807, 2.05) is 0 Å². The van der Waals surface area contributed by atoms with Crippen LogP contribution in [0, 0.1) is 0 Å². The van der Waals surface area contributed by atoms with Crippen LogP contribution in [0.5, 0.6) is 0 Å². The molecule has 0 saturated heterocycles. The van der Waals surface area contributed by atoms with Crippen LogP contribution >= 0.6 is 0 Å². The zero-order valence-electron chi connectivity index (χ0n) is 17.8. The zero-order chi connectivity index (χ0) is 23.6. The van der Waals surface area contributed by atoms with Crippen LogP contribution in [0.4, 0.5) is 0 Å². The number of nitrogens with two attached hydrogens (primary N) is 1. The van der Waals surface area contributed by atoms with Crippen molar-refractivity contribution >= 4 is 29.6 Å². The summed E-state index contributed by atoms with van der Waals surface area (Å²) in [5.41, 5.74) is 5.62. The number of carboxylic acid groups (broad SMARTS) is 1. The average Bonchev–Trinajstić information content (AvgIpc) is 2.71. The van der Waals surface area contributed by atoms with Crippen molar-refractivity contribution in [2.75, 3.05) is 0 Å². The molecular formula is C19H27N5O6. The van der Waals surface area contributed by atoms with E-state index < -0.39 is 54.1 Å². The van der Waals surface area contributed by atoms with Crippen LogP contribution < -0.4 is 21.7 Å². The van der Waals surface area contributed by atoms with E-state index in [0.717, 1.165) is 0 Å². The summed E-state index contributed by atoms with van der Waals surface area (Å²) in [4.78, 5) is 63.3. The molecule has 164 valence electrons. The molecule has 1 rings (SSSR count).